The van der Waals surface area contributed by atoms with E-state index in [0.717, 1.165) is 38.8 Å². The van der Waals surface area contributed by atoms with Gasteiger partial charge in [0.05, 0.1) is 19.2 Å². The number of amides is 1. The number of hydrogen-bond acceptors (Lipinski definition) is 6. The number of nitrogens with zero attached hydrogens (tertiary/aromatic N) is 2. The van der Waals surface area contributed by atoms with Gasteiger partial charge in [0.2, 0.25) is 5.91 Å². The zero-order chi connectivity index (χ0) is 26.4. The number of quaternary nitrogens is 1. The smallest absolute Gasteiger partial charge is 0.227 e. The number of nitrogens with two attached hydrogens (primary N) is 2. The molecule has 0 bridgehead atoms. The highest BCUT2D eigenvalue weighted by Gasteiger charge is 2.33. The number of aliphatic hydroxyl groups excluding tert-OH is 3. The van der Waals surface area contributed by atoms with Crippen molar-refractivity contribution >= 4 is 17.6 Å². The number of nitrogens with one attached hydrogen (secondary N) is 1. The molecule has 0 fully saturated rings. The molecule has 0 saturated heterocycles. The second-order valence-corrected chi connectivity index (χ2v) is 9.77. The lowest BCUT2D eigenvalue weighted by atomic mass is 9.86. The first kappa shape index (κ1) is 31.0. The third-order valence-electron chi connectivity index (χ3n) is 6.52. The fraction of sp³-hybridized carbons (Fsp3) is 0.760. The largest absolute Gasteiger partial charge is 0.440 e. The molecule has 8 N–H and O–H groups in total. The SMILES string of the molecule is [CH2-][N+](CCCC)(CCCC)CNC(=O)[C@H](CCCCN=C(N)N)CC(=O)C1=C[C@@H](O)[C@H](O)[C@H](O)C1. The number of carbonyl (C=O) groups is 2. The minimum absolute atomic E-state index is 0.0155. The van der Waals surface area contributed by atoms with Crippen LogP contribution in [0.3, 0.4) is 0 Å². The Kier molecular flexibility index (Phi) is 14.1. The van der Waals surface area contributed by atoms with E-state index in [-0.39, 0.29) is 36.1 Å². The van der Waals surface area contributed by atoms with Gasteiger partial charge in [0, 0.05) is 25.3 Å². The number of unbranched alkanes of at least 4 members (excludes halogenated alkanes) is 3. The van der Waals surface area contributed by atoms with Crippen molar-refractivity contribution in [3.05, 3.63) is 18.7 Å². The van der Waals surface area contributed by atoms with E-state index in [1.807, 2.05) is 0 Å². The van der Waals surface area contributed by atoms with E-state index in [0.29, 0.717) is 37.0 Å². The molecule has 0 aromatic heterocycles. The first-order chi connectivity index (χ1) is 16.5. The van der Waals surface area contributed by atoms with Crippen LogP contribution in [0, 0.1) is 13.0 Å². The van der Waals surface area contributed by atoms with Crippen LogP contribution in [0.1, 0.15) is 71.6 Å². The molecule has 0 aromatic carbocycles. The van der Waals surface area contributed by atoms with Gasteiger partial charge in [-0.1, -0.05) is 33.1 Å². The monoisotopic (exact) mass is 497 g/mol. The number of aliphatic hydroxyl groups is 3. The summed E-state index contributed by atoms with van der Waals surface area (Å²) >= 11 is 0. The van der Waals surface area contributed by atoms with Crippen LogP contribution in [0.5, 0.6) is 0 Å². The molecular weight excluding hydrogens is 450 g/mol. The average Bonchev–Trinajstić information content (AvgIpc) is 2.81. The summed E-state index contributed by atoms with van der Waals surface area (Å²) in [5.74, 6) is -1.08. The van der Waals surface area contributed by atoms with E-state index in [1.54, 1.807) is 0 Å². The Morgan fingerprint density at radius 2 is 1.77 bits per heavy atom. The summed E-state index contributed by atoms with van der Waals surface area (Å²) in [4.78, 5) is 30.1. The van der Waals surface area contributed by atoms with Gasteiger partial charge in [0.25, 0.3) is 0 Å². The molecule has 0 aromatic rings. The van der Waals surface area contributed by atoms with Crippen molar-refractivity contribution in [3.8, 4) is 0 Å². The second kappa shape index (κ2) is 15.9. The fourth-order valence-corrected chi connectivity index (χ4v) is 4.19. The van der Waals surface area contributed by atoms with Gasteiger partial charge in [-0.15, -0.1) is 7.05 Å². The second-order valence-electron chi connectivity index (χ2n) is 9.77. The van der Waals surface area contributed by atoms with Gasteiger partial charge in [-0.05, 0) is 37.3 Å². The Morgan fingerprint density at radius 3 is 2.31 bits per heavy atom. The van der Waals surface area contributed by atoms with Gasteiger partial charge in [-0.25, -0.2) is 0 Å². The van der Waals surface area contributed by atoms with Crippen molar-refractivity contribution in [1.29, 1.82) is 0 Å². The highest BCUT2D eigenvalue weighted by molar-refractivity contribution is 5.98. The first-order valence-electron chi connectivity index (χ1n) is 12.8. The maximum Gasteiger partial charge on any atom is 0.227 e. The summed E-state index contributed by atoms with van der Waals surface area (Å²) < 4.78 is 0.500. The summed E-state index contributed by atoms with van der Waals surface area (Å²) in [5.41, 5.74) is 11.0. The van der Waals surface area contributed by atoms with Crippen LogP contribution < -0.4 is 16.8 Å². The van der Waals surface area contributed by atoms with Gasteiger partial charge in [0.1, 0.15) is 18.9 Å². The lowest BCUT2D eigenvalue weighted by molar-refractivity contribution is -0.888. The van der Waals surface area contributed by atoms with E-state index in [9.17, 15) is 24.9 Å². The molecule has 10 heteroatoms. The Morgan fingerprint density at radius 1 is 1.14 bits per heavy atom. The van der Waals surface area contributed by atoms with Crippen molar-refractivity contribution in [2.75, 3.05) is 26.3 Å². The van der Waals surface area contributed by atoms with Crippen molar-refractivity contribution < 1.29 is 29.4 Å². The van der Waals surface area contributed by atoms with Crippen molar-refractivity contribution in [1.82, 2.24) is 5.32 Å². The van der Waals surface area contributed by atoms with Crippen LogP contribution in [-0.2, 0) is 9.59 Å². The van der Waals surface area contributed by atoms with Crippen LogP contribution in [0.4, 0.5) is 0 Å². The molecule has 4 atom stereocenters. The Balaban J connectivity index is 2.87. The number of guanidine groups is 1. The lowest BCUT2D eigenvalue weighted by Crippen LogP contribution is -2.52. The first-order valence-corrected chi connectivity index (χ1v) is 12.8. The molecule has 202 valence electrons. The molecule has 0 saturated carbocycles. The molecule has 0 spiro atoms. The maximum absolute atomic E-state index is 13.2. The minimum atomic E-state index is -1.32. The number of hydrogen-bond donors (Lipinski definition) is 6. The number of rotatable bonds is 17. The third-order valence-corrected chi connectivity index (χ3v) is 6.52. The molecule has 35 heavy (non-hydrogen) atoms. The molecule has 1 rings (SSSR count). The summed E-state index contributed by atoms with van der Waals surface area (Å²) in [6, 6.07) is 0. The van der Waals surface area contributed by atoms with E-state index >= 15 is 0 Å². The average molecular weight is 498 g/mol. The van der Waals surface area contributed by atoms with Crippen LogP contribution in [0.2, 0.25) is 0 Å². The van der Waals surface area contributed by atoms with E-state index in [4.69, 9.17) is 11.5 Å². The van der Waals surface area contributed by atoms with Gasteiger partial charge >= 0.3 is 0 Å². The standard InChI is InChI=1S/C25H47N5O5/c1-4-6-12-30(3,13-7-5-2)17-29-24(35)18(10-8-9-11-28-25(26)27)14-20(31)19-15-21(32)23(34)22(33)16-19/h15,18,21-23,32-34H,3-14,16-17H2,1-2H3,(H,29,35)(H4,26,27,28)/t18-,21-,22-,23+/m1/s1. The third kappa shape index (κ3) is 11.5. The van der Waals surface area contributed by atoms with Crippen molar-refractivity contribution in [2.24, 2.45) is 22.4 Å². The number of carbonyl (C=O) groups excluding carboxylic acids is 2. The summed E-state index contributed by atoms with van der Waals surface area (Å²) in [7, 11) is 4.37. The predicted molar refractivity (Wildman–Crippen MR) is 137 cm³/mol. The zero-order valence-corrected chi connectivity index (χ0v) is 21.5. The number of aliphatic imine (C=N–C) groups is 1. The molecule has 1 aliphatic carbocycles. The van der Waals surface area contributed by atoms with Crippen LogP contribution in [0.15, 0.2) is 16.6 Å². The molecule has 1 aliphatic rings. The molecule has 10 nitrogen and oxygen atoms in total. The van der Waals surface area contributed by atoms with Gasteiger partial charge in [-0.3, -0.25) is 14.6 Å². The molecule has 0 heterocycles. The normalized spacial score (nSPS) is 21.2. The van der Waals surface area contributed by atoms with E-state index in [2.05, 4.69) is 31.2 Å². The summed E-state index contributed by atoms with van der Waals surface area (Å²) in [6.45, 7) is 6.82. The number of ketones is 1. The Bertz CT molecular complexity index is 715. The fourth-order valence-electron chi connectivity index (χ4n) is 4.19. The molecule has 0 radical (unpaired) electrons. The lowest BCUT2D eigenvalue weighted by Gasteiger charge is -2.42. The Labute approximate surface area is 210 Å². The highest BCUT2D eigenvalue weighted by atomic mass is 16.4. The van der Waals surface area contributed by atoms with Gasteiger partial charge in [0.15, 0.2) is 11.7 Å². The van der Waals surface area contributed by atoms with Crippen molar-refractivity contribution in [3.63, 3.8) is 0 Å². The van der Waals surface area contributed by atoms with Crippen LogP contribution in [0.25, 0.3) is 0 Å². The van der Waals surface area contributed by atoms with E-state index in [1.165, 1.54) is 6.08 Å². The van der Waals surface area contributed by atoms with Crippen LogP contribution >= 0.6 is 0 Å². The number of Topliss-reactive ketones (excluding diaryl/α,β-unsaturated/α-hetero) is 1. The molecule has 1 amide bonds. The molecule has 0 aliphatic heterocycles. The quantitative estimate of drug-likeness (QED) is 0.0429. The molecular formula is C25H47N5O5. The van der Waals surface area contributed by atoms with Gasteiger partial charge < -0.3 is 36.6 Å². The topological polar surface area (TPSA) is 171 Å². The van der Waals surface area contributed by atoms with Crippen LogP contribution in [-0.4, -0.2) is 82.1 Å². The summed E-state index contributed by atoms with van der Waals surface area (Å²) in [6.07, 6.45) is 3.24. The summed E-state index contributed by atoms with van der Waals surface area (Å²) in [5, 5.41) is 32.6. The minimum Gasteiger partial charge on any atom is -0.440 e. The van der Waals surface area contributed by atoms with E-state index < -0.39 is 24.2 Å². The van der Waals surface area contributed by atoms with Gasteiger partial charge in [-0.2, -0.15) is 0 Å². The zero-order valence-electron chi connectivity index (χ0n) is 21.5. The van der Waals surface area contributed by atoms with Crippen molar-refractivity contribution in [2.45, 2.75) is 89.9 Å². The Hall–Kier alpha value is -2.01. The highest BCUT2D eigenvalue weighted by Crippen LogP contribution is 2.24. The maximum atomic E-state index is 13.2. The predicted octanol–water partition coefficient (Wildman–Crippen LogP) is 0.701. The molecule has 0 unspecified atom stereocenters.